The van der Waals surface area contributed by atoms with Crippen molar-refractivity contribution in [3.63, 3.8) is 0 Å². The maximum absolute atomic E-state index is 12.2. The molecule has 2 aromatic heterocycles. The van der Waals surface area contributed by atoms with Crippen molar-refractivity contribution in [3.8, 4) is 0 Å². The fourth-order valence-corrected chi connectivity index (χ4v) is 3.07. The highest BCUT2D eigenvalue weighted by Gasteiger charge is 2.34. The smallest absolute Gasteiger partial charge is 0.225 e. The number of aromatic nitrogens is 3. The van der Waals surface area contributed by atoms with Crippen molar-refractivity contribution in [1.82, 2.24) is 19.9 Å². The van der Waals surface area contributed by atoms with Crippen LogP contribution in [0.25, 0.3) is 0 Å². The Kier molecular flexibility index (Phi) is 4.21. The second-order valence-electron chi connectivity index (χ2n) is 6.69. The average Bonchev–Trinajstić information content (AvgIpc) is 3.47. The van der Waals surface area contributed by atoms with Crippen LogP contribution >= 0.6 is 0 Å². The minimum atomic E-state index is 0.295. The van der Waals surface area contributed by atoms with Gasteiger partial charge in [0.2, 0.25) is 5.91 Å². The number of aryl methyl sites for hydroxylation is 1. The van der Waals surface area contributed by atoms with Gasteiger partial charge in [0.1, 0.15) is 23.8 Å². The molecule has 3 heterocycles. The molecule has 0 spiro atoms. The van der Waals surface area contributed by atoms with Crippen LogP contribution in [0.1, 0.15) is 18.4 Å². The van der Waals surface area contributed by atoms with Crippen LogP contribution in [-0.2, 0) is 4.79 Å². The van der Waals surface area contributed by atoms with Crippen molar-refractivity contribution >= 4 is 23.4 Å². The van der Waals surface area contributed by atoms with E-state index in [1.807, 2.05) is 30.0 Å². The van der Waals surface area contributed by atoms with E-state index < -0.39 is 0 Å². The zero-order chi connectivity index (χ0) is 17.2. The minimum absolute atomic E-state index is 0.295. The Hall–Kier alpha value is -2.70. The van der Waals surface area contributed by atoms with Crippen LogP contribution in [-0.4, -0.2) is 51.9 Å². The van der Waals surface area contributed by atoms with Crippen LogP contribution < -0.4 is 10.2 Å². The van der Waals surface area contributed by atoms with Gasteiger partial charge in [-0.2, -0.15) is 0 Å². The normalized spacial score (nSPS) is 17.5. The number of hydrogen-bond acceptors (Lipinski definition) is 6. The fourth-order valence-electron chi connectivity index (χ4n) is 3.07. The van der Waals surface area contributed by atoms with E-state index in [2.05, 4.69) is 25.2 Å². The molecule has 1 aliphatic carbocycles. The first-order valence-electron chi connectivity index (χ1n) is 8.74. The Morgan fingerprint density at radius 3 is 2.56 bits per heavy atom. The lowest BCUT2D eigenvalue weighted by atomic mass is 10.2. The van der Waals surface area contributed by atoms with E-state index >= 15 is 0 Å². The Bertz CT molecular complexity index is 768. The SMILES string of the molecule is Cc1ccnc(Nc2cc(N3CCN(C(=O)C4CC4)CC3)ncn2)c1. The third kappa shape index (κ3) is 3.70. The molecule has 7 nitrogen and oxygen atoms in total. The van der Waals surface area contributed by atoms with Crippen LogP contribution in [0.5, 0.6) is 0 Å². The van der Waals surface area contributed by atoms with Gasteiger partial charge in [-0.15, -0.1) is 0 Å². The van der Waals surface area contributed by atoms with E-state index in [4.69, 9.17) is 0 Å². The van der Waals surface area contributed by atoms with Gasteiger partial charge in [-0.3, -0.25) is 4.79 Å². The Labute approximate surface area is 147 Å². The van der Waals surface area contributed by atoms with E-state index in [1.165, 1.54) is 0 Å². The third-order valence-corrected chi connectivity index (χ3v) is 4.67. The third-order valence-electron chi connectivity index (χ3n) is 4.67. The molecule has 0 atom stereocenters. The summed E-state index contributed by atoms with van der Waals surface area (Å²) in [6, 6.07) is 5.87. The van der Waals surface area contributed by atoms with Crippen LogP contribution in [0.15, 0.2) is 30.7 Å². The number of nitrogens with zero attached hydrogens (tertiary/aromatic N) is 5. The maximum atomic E-state index is 12.2. The average molecular weight is 338 g/mol. The van der Waals surface area contributed by atoms with Crippen LogP contribution in [0.3, 0.4) is 0 Å². The number of rotatable bonds is 4. The Morgan fingerprint density at radius 1 is 1.08 bits per heavy atom. The number of carbonyl (C=O) groups excluding carboxylic acids is 1. The zero-order valence-electron chi connectivity index (χ0n) is 14.4. The lowest BCUT2D eigenvalue weighted by Crippen LogP contribution is -2.49. The molecule has 0 bridgehead atoms. The molecule has 1 amide bonds. The first-order chi connectivity index (χ1) is 12.2. The number of nitrogens with one attached hydrogen (secondary N) is 1. The summed E-state index contributed by atoms with van der Waals surface area (Å²) in [5.41, 5.74) is 1.14. The van der Waals surface area contributed by atoms with E-state index in [-0.39, 0.29) is 0 Å². The van der Waals surface area contributed by atoms with E-state index in [9.17, 15) is 4.79 Å². The molecule has 2 aromatic rings. The highest BCUT2D eigenvalue weighted by atomic mass is 16.2. The summed E-state index contributed by atoms with van der Waals surface area (Å²) in [4.78, 5) is 29.3. The van der Waals surface area contributed by atoms with Crippen LogP contribution in [0.2, 0.25) is 0 Å². The van der Waals surface area contributed by atoms with E-state index in [0.29, 0.717) is 11.8 Å². The molecule has 0 unspecified atom stereocenters. The maximum Gasteiger partial charge on any atom is 0.225 e. The van der Waals surface area contributed by atoms with Crippen molar-refractivity contribution in [2.24, 2.45) is 5.92 Å². The monoisotopic (exact) mass is 338 g/mol. The molecule has 1 saturated carbocycles. The molecule has 0 radical (unpaired) electrons. The fraction of sp³-hybridized carbons (Fsp3) is 0.444. The largest absolute Gasteiger partial charge is 0.353 e. The van der Waals surface area contributed by atoms with Gasteiger partial charge in [0, 0.05) is 44.4 Å². The molecule has 1 saturated heterocycles. The molecule has 2 fully saturated rings. The summed E-state index contributed by atoms with van der Waals surface area (Å²) in [7, 11) is 0. The van der Waals surface area contributed by atoms with Gasteiger partial charge in [0.25, 0.3) is 0 Å². The number of anilines is 3. The number of amides is 1. The van der Waals surface area contributed by atoms with Gasteiger partial charge in [-0.25, -0.2) is 15.0 Å². The summed E-state index contributed by atoms with van der Waals surface area (Å²) in [6.45, 7) is 5.17. The standard InChI is InChI=1S/C18H22N6O/c1-13-4-5-19-15(10-13)22-16-11-17(21-12-20-16)23-6-8-24(9-7-23)18(25)14-2-3-14/h4-5,10-12,14H,2-3,6-9H2,1H3,(H,19,20,21,22). The lowest BCUT2D eigenvalue weighted by molar-refractivity contribution is -0.132. The second kappa shape index (κ2) is 6.66. The summed E-state index contributed by atoms with van der Waals surface area (Å²) in [5, 5.41) is 3.22. The van der Waals surface area contributed by atoms with Gasteiger partial charge in [-0.1, -0.05) is 0 Å². The topological polar surface area (TPSA) is 74.2 Å². The van der Waals surface area contributed by atoms with Gasteiger partial charge < -0.3 is 15.1 Å². The van der Waals surface area contributed by atoms with E-state index in [1.54, 1.807) is 12.5 Å². The first-order valence-corrected chi connectivity index (χ1v) is 8.74. The number of hydrogen-bond donors (Lipinski definition) is 1. The van der Waals surface area contributed by atoms with Gasteiger partial charge in [0.15, 0.2) is 0 Å². The molecular weight excluding hydrogens is 316 g/mol. The Morgan fingerprint density at radius 2 is 1.84 bits per heavy atom. The Balaban J connectivity index is 1.40. The second-order valence-corrected chi connectivity index (χ2v) is 6.69. The molecule has 7 heteroatoms. The van der Waals surface area contributed by atoms with Crippen molar-refractivity contribution in [2.75, 3.05) is 36.4 Å². The number of pyridine rings is 1. The summed E-state index contributed by atoms with van der Waals surface area (Å²) in [6.07, 6.45) is 5.46. The molecule has 4 rings (SSSR count). The van der Waals surface area contributed by atoms with Crippen molar-refractivity contribution in [1.29, 1.82) is 0 Å². The van der Waals surface area contributed by atoms with Crippen LogP contribution in [0, 0.1) is 12.8 Å². The highest BCUT2D eigenvalue weighted by Crippen LogP contribution is 2.31. The predicted molar refractivity (Wildman–Crippen MR) is 95.8 cm³/mol. The van der Waals surface area contributed by atoms with E-state index in [0.717, 1.165) is 62.0 Å². The highest BCUT2D eigenvalue weighted by molar-refractivity contribution is 5.81. The summed E-state index contributed by atoms with van der Waals surface area (Å²) < 4.78 is 0. The van der Waals surface area contributed by atoms with Gasteiger partial charge in [0.05, 0.1) is 0 Å². The quantitative estimate of drug-likeness (QED) is 0.919. The van der Waals surface area contributed by atoms with Crippen molar-refractivity contribution < 1.29 is 4.79 Å². The van der Waals surface area contributed by atoms with Crippen molar-refractivity contribution in [3.05, 3.63) is 36.3 Å². The zero-order valence-corrected chi connectivity index (χ0v) is 14.4. The number of carbonyl (C=O) groups is 1. The summed E-state index contributed by atoms with van der Waals surface area (Å²) >= 11 is 0. The summed E-state index contributed by atoms with van der Waals surface area (Å²) in [5.74, 6) is 2.99. The molecule has 0 aromatic carbocycles. The van der Waals surface area contributed by atoms with Crippen molar-refractivity contribution in [2.45, 2.75) is 19.8 Å². The molecule has 1 N–H and O–H groups in total. The molecule has 130 valence electrons. The first kappa shape index (κ1) is 15.8. The number of piperazine rings is 1. The molecular formula is C18H22N6O. The minimum Gasteiger partial charge on any atom is -0.353 e. The van der Waals surface area contributed by atoms with Gasteiger partial charge >= 0.3 is 0 Å². The molecule has 25 heavy (non-hydrogen) atoms. The lowest BCUT2D eigenvalue weighted by Gasteiger charge is -2.35. The van der Waals surface area contributed by atoms with Crippen LogP contribution in [0.4, 0.5) is 17.5 Å². The molecule has 1 aliphatic heterocycles. The van der Waals surface area contributed by atoms with Gasteiger partial charge in [-0.05, 0) is 37.5 Å². The predicted octanol–water partition coefficient (Wildman–Crippen LogP) is 1.98. The molecule has 2 aliphatic rings.